The Balaban J connectivity index is 3.17. The molecular formula is C7H7ClN. The first kappa shape index (κ1) is 6.43. The van der Waals surface area contributed by atoms with Crippen molar-refractivity contribution in [2.75, 3.05) is 5.73 Å². The average Bonchev–Trinajstić information content (AvgIpc) is 1.80. The van der Waals surface area contributed by atoms with E-state index >= 15 is 0 Å². The van der Waals surface area contributed by atoms with Crippen molar-refractivity contribution in [2.45, 2.75) is 0 Å². The van der Waals surface area contributed by atoms with Crippen molar-refractivity contribution in [3.63, 3.8) is 0 Å². The van der Waals surface area contributed by atoms with Crippen molar-refractivity contribution < 1.29 is 0 Å². The van der Waals surface area contributed by atoms with E-state index in [1.807, 2.05) is 6.07 Å². The molecule has 0 atom stereocenters. The van der Waals surface area contributed by atoms with Crippen LogP contribution in [-0.2, 0) is 0 Å². The van der Waals surface area contributed by atoms with Gasteiger partial charge in [0.1, 0.15) is 0 Å². The molecular weight excluding hydrogens is 134 g/mol. The molecule has 0 aliphatic carbocycles. The highest BCUT2D eigenvalue weighted by Gasteiger charge is 1.92. The molecule has 0 bridgehead atoms. The minimum atomic E-state index is 0.586. The van der Waals surface area contributed by atoms with Crippen molar-refractivity contribution in [3.8, 4) is 0 Å². The molecule has 0 aromatic heterocycles. The summed E-state index contributed by atoms with van der Waals surface area (Å²) in [6.07, 6.45) is 0. The average molecular weight is 141 g/mol. The van der Waals surface area contributed by atoms with Crippen LogP contribution in [0.4, 0.5) is 5.69 Å². The van der Waals surface area contributed by atoms with E-state index in [4.69, 9.17) is 17.3 Å². The smallest absolute Gasteiger partial charge is 0.0635 e. The Labute approximate surface area is 59.4 Å². The molecule has 0 aliphatic heterocycles. The highest BCUT2D eigenvalue weighted by Crippen LogP contribution is 2.18. The van der Waals surface area contributed by atoms with Gasteiger partial charge in [-0.25, -0.2) is 0 Å². The van der Waals surface area contributed by atoms with E-state index < -0.39 is 0 Å². The largest absolute Gasteiger partial charge is 0.398 e. The van der Waals surface area contributed by atoms with Gasteiger partial charge < -0.3 is 5.73 Å². The fourth-order valence-electron chi connectivity index (χ4n) is 0.593. The van der Waals surface area contributed by atoms with Crippen molar-refractivity contribution in [3.05, 3.63) is 35.7 Å². The van der Waals surface area contributed by atoms with Gasteiger partial charge >= 0.3 is 0 Å². The lowest BCUT2D eigenvalue weighted by molar-refractivity contribution is 1.60. The van der Waals surface area contributed by atoms with Crippen molar-refractivity contribution in [2.24, 2.45) is 0 Å². The molecule has 2 heteroatoms. The molecule has 0 saturated carbocycles. The van der Waals surface area contributed by atoms with E-state index in [-0.39, 0.29) is 0 Å². The van der Waals surface area contributed by atoms with Crippen molar-refractivity contribution in [1.82, 2.24) is 0 Å². The van der Waals surface area contributed by atoms with Crippen LogP contribution in [0.5, 0.6) is 0 Å². The highest BCUT2D eigenvalue weighted by molar-refractivity contribution is 6.33. The molecule has 1 aromatic rings. The van der Waals surface area contributed by atoms with Crippen LogP contribution in [-0.4, -0.2) is 0 Å². The second-order valence-corrected chi connectivity index (χ2v) is 2.26. The molecule has 1 radical (unpaired) electrons. The molecule has 0 aliphatic rings. The molecule has 1 nitrogen and oxygen atoms in total. The van der Waals surface area contributed by atoms with Crippen LogP contribution in [0.15, 0.2) is 18.2 Å². The van der Waals surface area contributed by atoms with Gasteiger partial charge in [0.05, 0.1) is 10.7 Å². The molecule has 0 unspecified atom stereocenters. The van der Waals surface area contributed by atoms with Gasteiger partial charge in [-0.1, -0.05) is 17.7 Å². The number of nitrogens with two attached hydrogens (primary N) is 1. The molecule has 0 spiro atoms. The minimum absolute atomic E-state index is 0.586. The van der Waals surface area contributed by atoms with Gasteiger partial charge in [-0.3, -0.25) is 0 Å². The summed E-state index contributed by atoms with van der Waals surface area (Å²) in [5.41, 5.74) is 6.92. The third kappa shape index (κ3) is 1.36. The molecule has 0 saturated heterocycles. The molecule has 1 aromatic carbocycles. The maximum absolute atomic E-state index is 5.63. The molecule has 0 heterocycles. The maximum Gasteiger partial charge on any atom is 0.0635 e. The lowest BCUT2D eigenvalue weighted by atomic mass is 10.2. The predicted molar refractivity (Wildman–Crippen MR) is 40.3 cm³/mol. The number of anilines is 1. The van der Waals surface area contributed by atoms with E-state index in [2.05, 4.69) is 6.92 Å². The van der Waals surface area contributed by atoms with Crippen LogP contribution < -0.4 is 5.73 Å². The predicted octanol–water partition coefficient (Wildman–Crippen LogP) is 2.10. The second kappa shape index (κ2) is 2.28. The molecule has 0 fully saturated rings. The quantitative estimate of drug-likeness (QED) is 0.549. The van der Waals surface area contributed by atoms with E-state index in [0.717, 1.165) is 5.56 Å². The van der Waals surface area contributed by atoms with E-state index in [0.29, 0.717) is 10.7 Å². The summed E-state index contributed by atoms with van der Waals surface area (Å²) in [6, 6.07) is 5.29. The van der Waals surface area contributed by atoms with Gasteiger partial charge in [-0.05, 0) is 24.6 Å². The van der Waals surface area contributed by atoms with Gasteiger partial charge in [-0.2, -0.15) is 0 Å². The number of halogens is 1. The summed E-state index contributed by atoms with van der Waals surface area (Å²) in [4.78, 5) is 0. The van der Waals surface area contributed by atoms with Crippen LogP contribution in [0, 0.1) is 6.92 Å². The Morgan fingerprint density at radius 1 is 1.44 bits per heavy atom. The van der Waals surface area contributed by atoms with E-state index in [1.165, 1.54) is 0 Å². The van der Waals surface area contributed by atoms with Gasteiger partial charge in [-0.15, -0.1) is 0 Å². The Morgan fingerprint density at radius 2 is 2.11 bits per heavy atom. The Kier molecular flexibility index (Phi) is 1.63. The zero-order chi connectivity index (χ0) is 6.85. The van der Waals surface area contributed by atoms with Gasteiger partial charge in [0.15, 0.2) is 0 Å². The number of rotatable bonds is 0. The first-order valence-corrected chi connectivity index (χ1v) is 2.95. The standard InChI is InChI=1S/C7H7ClN/c1-5-2-3-6(8)7(9)4-5/h2-4H,1,9H2. The molecule has 1 rings (SSSR count). The van der Waals surface area contributed by atoms with Crippen molar-refractivity contribution >= 4 is 17.3 Å². The maximum atomic E-state index is 5.63. The number of benzene rings is 1. The summed E-state index contributed by atoms with van der Waals surface area (Å²) < 4.78 is 0. The fraction of sp³-hybridized carbons (Fsp3) is 0. The summed E-state index contributed by atoms with van der Waals surface area (Å²) in [5, 5.41) is 0.586. The number of hydrogen-bond acceptors (Lipinski definition) is 1. The fourth-order valence-corrected chi connectivity index (χ4v) is 0.711. The number of hydrogen-bond donors (Lipinski definition) is 1. The third-order valence-electron chi connectivity index (χ3n) is 1.06. The SMILES string of the molecule is [CH2]c1ccc(Cl)c(N)c1. The Hall–Kier alpha value is -0.690. The highest BCUT2D eigenvalue weighted by atomic mass is 35.5. The third-order valence-corrected chi connectivity index (χ3v) is 1.40. The lowest BCUT2D eigenvalue weighted by Gasteiger charge is -1.96. The summed E-state index contributed by atoms with van der Waals surface area (Å²) >= 11 is 5.63. The van der Waals surface area contributed by atoms with Gasteiger partial charge in [0.25, 0.3) is 0 Å². The topological polar surface area (TPSA) is 26.0 Å². The van der Waals surface area contributed by atoms with Gasteiger partial charge in [0, 0.05) is 0 Å². The molecule has 9 heavy (non-hydrogen) atoms. The molecule has 0 amide bonds. The normalized spacial score (nSPS) is 9.56. The zero-order valence-corrected chi connectivity index (χ0v) is 5.65. The minimum Gasteiger partial charge on any atom is -0.398 e. The first-order valence-electron chi connectivity index (χ1n) is 2.57. The summed E-state index contributed by atoms with van der Waals surface area (Å²) in [7, 11) is 0. The monoisotopic (exact) mass is 140 g/mol. The van der Waals surface area contributed by atoms with Crippen LogP contribution in [0.1, 0.15) is 5.56 Å². The van der Waals surface area contributed by atoms with Crippen LogP contribution in [0.3, 0.4) is 0 Å². The van der Waals surface area contributed by atoms with E-state index in [1.54, 1.807) is 12.1 Å². The van der Waals surface area contributed by atoms with Crippen LogP contribution in [0.25, 0.3) is 0 Å². The zero-order valence-electron chi connectivity index (χ0n) is 4.89. The van der Waals surface area contributed by atoms with Crippen LogP contribution in [0.2, 0.25) is 5.02 Å². The second-order valence-electron chi connectivity index (χ2n) is 1.86. The Bertz CT molecular complexity index is 220. The Morgan fingerprint density at radius 3 is 2.56 bits per heavy atom. The number of nitrogen functional groups attached to an aromatic ring is 1. The summed E-state index contributed by atoms with van der Waals surface area (Å²) in [5.74, 6) is 0. The van der Waals surface area contributed by atoms with Crippen LogP contribution >= 0.6 is 11.6 Å². The first-order chi connectivity index (χ1) is 4.20. The van der Waals surface area contributed by atoms with E-state index in [9.17, 15) is 0 Å². The van der Waals surface area contributed by atoms with Gasteiger partial charge in [0.2, 0.25) is 0 Å². The molecule has 2 N–H and O–H groups in total. The summed E-state index contributed by atoms with van der Waals surface area (Å²) in [6.45, 7) is 3.68. The molecule has 47 valence electrons. The lowest BCUT2D eigenvalue weighted by Crippen LogP contribution is -1.85. The van der Waals surface area contributed by atoms with Crippen molar-refractivity contribution in [1.29, 1.82) is 0 Å².